The Morgan fingerprint density at radius 3 is 2.80 bits per heavy atom. The average molecular weight is 275 g/mol. The van der Waals surface area contributed by atoms with E-state index in [1.54, 1.807) is 13.0 Å². The van der Waals surface area contributed by atoms with Crippen LogP contribution in [0.15, 0.2) is 30.6 Å². The van der Waals surface area contributed by atoms with E-state index in [1.165, 1.54) is 18.3 Å². The maximum Gasteiger partial charge on any atom is 0.356 e. The van der Waals surface area contributed by atoms with Crippen molar-refractivity contribution in [2.75, 3.05) is 0 Å². The van der Waals surface area contributed by atoms with Crippen molar-refractivity contribution in [1.29, 1.82) is 0 Å². The Labute approximate surface area is 112 Å². The molecule has 8 nitrogen and oxygen atoms in total. The van der Waals surface area contributed by atoms with Crippen molar-refractivity contribution in [2.24, 2.45) is 0 Å². The van der Waals surface area contributed by atoms with Crippen LogP contribution in [0.1, 0.15) is 16.1 Å². The SMILES string of the molecule is Cc1ccc(Oc2cncc(C(=O)O)n2)c([N+](=O)[O-])c1. The Hall–Kier alpha value is -3.03. The van der Waals surface area contributed by atoms with Crippen molar-refractivity contribution < 1.29 is 19.6 Å². The van der Waals surface area contributed by atoms with Crippen molar-refractivity contribution in [3.8, 4) is 11.6 Å². The smallest absolute Gasteiger partial charge is 0.356 e. The molecule has 0 saturated heterocycles. The van der Waals surface area contributed by atoms with Gasteiger partial charge in [0.05, 0.1) is 17.3 Å². The quantitative estimate of drug-likeness (QED) is 0.671. The molecular formula is C12H9N3O5. The summed E-state index contributed by atoms with van der Waals surface area (Å²) in [5, 5.41) is 19.7. The van der Waals surface area contributed by atoms with Gasteiger partial charge in [-0.2, -0.15) is 0 Å². The van der Waals surface area contributed by atoms with Gasteiger partial charge >= 0.3 is 11.7 Å². The number of carboxylic acids is 1. The number of hydrogen-bond acceptors (Lipinski definition) is 6. The van der Waals surface area contributed by atoms with Crippen molar-refractivity contribution in [3.05, 3.63) is 52.0 Å². The number of aromatic carboxylic acids is 1. The van der Waals surface area contributed by atoms with Gasteiger partial charge in [0.2, 0.25) is 11.6 Å². The van der Waals surface area contributed by atoms with Gasteiger partial charge in [0, 0.05) is 6.07 Å². The summed E-state index contributed by atoms with van der Waals surface area (Å²) in [6, 6.07) is 4.41. The van der Waals surface area contributed by atoms with E-state index in [9.17, 15) is 14.9 Å². The van der Waals surface area contributed by atoms with Crippen molar-refractivity contribution in [3.63, 3.8) is 0 Å². The molecule has 0 unspecified atom stereocenters. The molecule has 0 radical (unpaired) electrons. The number of nitro benzene ring substituents is 1. The molecule has 20 heavy (non-hydrogen) atoms. The fraction of sp³-hybridized carbons (Fsp3) is 0.0833. The molecule has 0 spiro atoms. The lowest BCUT2D eigenvalue weighted by Gasteiger charge is -2.06. The zero-order chi connectivity index (χ0) is 14.7. The summed E-state index contributed by atoms with van der Waals surface area (Å²) in [5.74, 6) is -1.42. The van der Waals surface area contributed by atoms with Crippen LogP contribution in [-0.2, 0) is 0 Å². The van der Waals surface area contributed by atoms with E-state index >= 15 is 0 Å². The first kappa shape index (κ1) is 13.4. The van der Waals surface area contributed by atoms with E-state index in [0.717, 1.165) is 6.20 Å². The molecule has 0 atom stereocenters. The number of benzene rings is 1. The Morgan fingerprint density at radius 1 is 1.40 bits per heavy atom. The van der Waals surface area contributed by atoms with Gasteiger partial charge in [-0.3, -0.25) is 15.1 Å². The molecule has 0 fully saturated rings. The van der Waals surface area contributed by atoms with Gasteiger partial charge in [-0.1, -0.05) is 6.07 Å². The Morgan fingerprint density at radius 2 is 2.15 bits per heavy atom. The van der Waals surface area contributed by atoms with Gasteiger partial charge in [-0.05, 0) is 18.6 Å². The van der Waals surface area contributed by atoms with E-state index in [2.05, 4.69) is 9.97 Å². The lowest BCUT2D eigenvalue weighted by molar-refractivity contribution is -0.385. The molecule has 1 heterocycles. The second-order valence-corrected chi connectivity index (χ2v) is 3.88. The summed E-state index contributed by atoms with van der Waals surface area (Å²) >= 11 is 0. The predicted octanol–water partition coefficient (Wildman–Crippen LogP) is 2.18. The normalized spacial score (nSPS) is 10.1. The third kappa shape index (κ3) is 2.86. The van der Waals surface area contributed by atoms with Gasteiger partial charge in [-0.15, -0.1) is 0 Å². The summed E-state index contributed by atoms with van der Waals surface area (Å²) in [5.41, 5.74) is 0.166. The minimum absolute atomic E-state index is 0.0301. The van der Waals surface area contributed by atoms with E-state index < -0.39 is 10.9 Å². The van der Waals surface area contributed by atoms with Crippen LogP contribution in [0.5, 0.6) is 11.6 Å². The van der Waals surface area contributed by atoms with E-state index in [1.807, 2.05) is 0 Å². The molecule has 1 aromatic carbocycles. The summed E-state index contributed by atoms with van der Waals surface area (Å²) < 4.78 is 5.24. The topological polar surface area (TPSA) is 115 Å². The van der Waals surface area contributed by atoms with E-state index in [4.69, 9.17) is 9.84 Å². The highest BCUT2D eigenvalue weighted by molar-refractivity contribution is 5.84. The first-order valence-corrected chi connectivity index (χ1v) is 5.45. The van der Waals surface area contributed by atoms with E-state index in [-0.39, 0.29) is 23.0 Å². The van der Waals surface area contributed by atoms with Crippen LogP contribution < -0.4 is 4.74 Å². The molecule has 0 bridgehead atoms. The summed E-state index contributed by atoms with van der Waals surface area (Å²) in [4.78, 5) is 28.4. The van der Waals surface area contributed by atoms with Crippen LogP contribution in [0, 0.1) is 17.0 Å². The van der Waals surface area contributed by atoms with Crippen molar-refractivity contribution in [1.82, 2.24) is 9.97 Å². The monoisotopic (exact) mass is 275 g/mol. The fourth-order valence-corrected chi connectivity index (χ4v) is 1.47. The average Bonchev–Trinajstić information content (AvgIpc) is 2.41. The molecule has 102 valence electrons. The summed E-state index contributed by atoms with van der Waals surface area (Å²) in [6.07, 6.45) is 2.23. The Bertz CT molecular complexity index is 687. The van der Waals surface area contributed by atoms with Gasteiger partial charge in [0.25, 0.3) is 0 Å². The van der Waals surface area contributed by atoms with Crippen LogP contribution in [0.25, 0.3) is 0 Å². The fourth-order valence-electron chi connectivity index (χ4n) is 1.47. The molecule has 1 N–H and O–H groups in total. The van der Waals surface area contributed by atoms with Gasteiger partial charge in [0.15, 0.2) is 5.69 Å². The molecule has 1 aromatic heterocycles. The van der Waals surface area contributed by atoms with Crippen molar-refractivity contribution >= 4 is 11.7 Å². The lowest BCUT2D eigenvalue weighted by Crippen LogP contribution is -2.02. The highest BCUT2D eigenvalue weighted by atomic mass is 16.6. The first-order valence-electron chi connectivity index (χ1n) is 5.45. The number of carbonyl (C=O) groups is 1. The van der Waals surface area contributed by atoms with Crippen LogP contribution in [0.4, 0.5) is 5.69 Å². The molecule has 2 aromatic rings. The molecule has 0 saturated carbocycles. The highest BCUT2D eigenvalue weighted by Crippen LogP contribution is 2.31. The predicted molar refractivity (Wildman–Crippen MR) is 66.9 cm³/mol. The molecule has 0 aliphatic heterocycles. The van der Waals surface area contributed by atoms with Crippen molar-refractivity contribution in [2.45, 2.75) is 6.92 Å². The largest absolute Gasteiger partial charge is 0.476 e. The molecular weight excluding hydrogens is 266 g/mol. The summed E-state index contributed by atoms with van der Waals surface area (Å²) in [7, 11) is 0. The number of ether oxygens (including phenoxy) is 1. The van der Waals surface area contributed by atoms with Crippen LogP contribution in [0.2, 0.25) is 0 Å². The summed E-state index contributed by atoms with van der Waals surface area (Å²) in [6.45, 7) is 1.71. The minimum atomic E-state index is -1.26. The Kier molecular flexibility index (Phi) is 3.56. The number of nitro groups is 1. The zero-order valence-electron chi connectivity index (χ0n) is 10.3. The maximum atomic E-state index is 10.9. The number of rotatable bonds is 4. The van der Waals surface area contributed by atoms with Gasteiger partial charge in [0.1, 0.15) is 0 Å². The molecule has 0 aliphatic rings. The standard InChI is InChI=1S/C12H9N3O5/c1-7-2-3-10(9(4-7)15(18)19)20-11-6-13-5-8(14-11)12(16)17/h2-6H,1H3,(H,16,17). The maximum absolute atomic E-state index is 10.9. The number of nitrogens with zero attached hydrogens (tertiary/aromatic N) is 3. The van der Waals surface area contributed by atoms with E-state index in [0.29, 0.717) is 5.56 Å². The third-order valence-electron chi connectivity index (χ3n) is 2.36. The number of aromatic nitrogens is 2. The van der Waals surface area contributed by atoms with Gasteiger partial charge in [-0.25, -0.2) is 9.78 Å². The molecule has 0 aliphatic carbocycles. The third-order valence-corrected chi connectivity index (χ3v) is 2.36. The number of carboxylic acid groups (broad SMARTS) is 1. The van der Waals surface area contributed by atoms with Gasteiger partial charge < -0.3 is 9.84 Å². The van der Waals surface area contributed by atoms with Crippen LogP contribution in [-0.4, -0.2) is 26.0 Å². The number of hydrogen-bond donors (Lipinski definition) is 1. The molecule has 2 rings (SSSR count). The molecule has 0 amide bonds. The number of aryl methyl sites for hydroxylation is 1. The Balaban J connectivity index is 2.37. The van der Waals surface area contributed by atoms with Crippen LogP contribution >= 0.6 is 0 Å². The van der Waals surface area contributed by atoms with Crippen LogP contribution in [0.3, 0.4) is 0 Å². The minimum Gasteiger partial charge on any atom is -0.476 e. The molecule has 8 heteroatoms. The second kappa shape index (κ2) is 5.31. The first-order chi connectivity index (χ1) is 9.47. The zero-order valence-corrected chi connectivity index (χ0v) is 10.3. The second-order valence-electron chi connectivity index (χ2n) is 3.88. The highest BCUT2D eigenvalue weighted by Gasteiger charge is 2.17. The lowest BCUT2D eigenvalue weighted by atomic mass is 10.2.